The number of nitrogens with one attached hydrogen (secondary N) is 1. The summed E-state index contributed by atoms with van der Waals surface area (Å²) in [5.74, 6) is -0.923. The summed E-state index contributed by atoms with van der Waals surface area (Å²) in [5.41, 5.74) is 2.04. The molecular formula is C24H24FN3O3S. The highest BCUT2D eigenvalue weighted by atomic mass is 32.2. The first-order valence-corrected chi connectivity index (χ1v) is 11.8. The minimum atomic E-state index is -3.74. The standard InChI is InChI=1S/C24H24FN3O3S/c1-18-10-11-20(17-23(18)25)26-24(29)19-6-5-9-22(16-19)32(30,31)28-14-12-27(13-15-28)21-7-3-2-4-8-21/h2-11,16-17H,12-15H2,1H3,(H,26,29). The van der Waals surface area contributed by atoms with Gasteiger partial charge in [0.2, 0.25) is 10.0 Å². The first kappa shape index (κ1) is 22.0. The van der Waals surface area contributed by atoms with Crippen LogP contribution in [0.25, 0.3) is 0 Å². The predicted octanol–water partition coefficient (Wildman–Crippen LogP) is 3.90. The molecule has 0 radical (unpaired) electrons. The molecule has 166 valence electrons. The average Bonchev–Trinajstić information content (AvgIpc) is 2.82. The number of rotatable bonds is 5. The third-order valence-electron chi connectivity index (χ3n) is 5.52. The van der Waals surface area contributed by atoms with Gasteiger partial charge in [0.25, 0.3) is 5.91 Å². The van der Waals surface area contributed by atoms with Crippen LogP contribution in [-0.2, 0) is 10.0 Å². The Morgan fingerprint density at radius 3 is 2.31 bits per heavy atom. The maximum absolute atomic E-state index is 13.8. The lowest BCUT2D eigenvalue weighted by atomic mass is 10.2. The van der Waals surface area contributed by atoms with Crippen molar-refractivity contribution < 1.29 is 17.6 Å². The molecule has 1 aliphatic rings. The summed E-state index contributed by atoms with van der Waals surface area (Å²) in [6.07, 6.45) is 0. The van der Waals surface area contributed by atoms with Gasteiger partial charge >= 0.3 is 0 Å². The second-order valence-corrected chi connectivity index (χ2v) is 9.61. The number of piperazine rings is 1. The second-order valence-electron chi connectivity index (χ2n) is 7.67. The quantitative estimate of drug-likeness (QED) is 0.636. The Labute approximate surface area is 187 Å². The zero-order valence-corrected chi connectivity index (χ0v) is 18.5. The van der Waals surface area contributed by atoms with E-state index >= 15 is 0 Å². The summed E-state index contributed by atoms with van der Waals surface area (Å²) < 4.78 is 41.5. The molecule has 3 aromatic rings. The van der Waals surface area contributed by atoms with Crippen molar-refractivity contribution in [3.05, 3.63) is 89.7 Å². The number of hydrogen-bond donors (Lipinski definition) is 1. The van der Waals surface area contributed by atoms with Gasteiger partial charge in [0, 0.05) is 43.1 Å². The summed E-state index contributed by atoms with van der Waals surface area (Å²) in [6, 6.07) is 20.2. The van der Waals surface area contributed by atoms with E-state index < -0.39 is 21.7 Å². The zero-order valence-electron chi connectivity index (χ0n) is 17.7. The number of halogens is 1. The molecule has 1 heterocycles. The van der Waals surface area contributed by atoms with Crippen LogP contribution >= 0.6 is 0 Å². The molecule has 1 amide bonds. The Morgan fingerprint density at radius 1 is 0.906 bits per heavy atom. The van der Waals surface area contributed by atoms with Crippen molar-refractivity contribution in [3.63, 3.8) is 0 Å². The van der Waals surface area contributed by atoms with Crippen LogP contribution in [0.2, 0.25) is 0 Å². The number of amides is 1. The molecule has 3 aromatic carbocycles. The Balaban J connectivity index is 1.47. The Bertz CT molecular complexity index is 1220. The molecular weight excluding hydrogens is 429 g/mol. The molecule has 1 saturated heterocycles. The average molecular weight is 454 g/mol. The lowest BCUT2D eigenvalue weighted by molar-refractivity contribution is 0.102. The third-order valence-corrected chi connectivity index (χ3v) is 7.42. The fourth-order valence-corrected chi connectivity index (χ4v) is 5.11. The van der Waals surface area contributed by atoms with E-state index in [1.807, 2.05) is 30.3 Å². The fraction of sp³-hybridized carbons (Fsp3) is 0.208. The topological polar surface area (TPSA) is 69.7 Å². The van der Waals surface area contributed by atoms with Gasteiger partial charge in [-0.1, -0.05) is 30.3 Å². The lowest BCUT2D eigenvalue weighted by Gasteiger charge is -2.35. The molecule has 8 heteroatoms. The van der Waals surface area contributed by atoms with Crippen molar-refractivity contribution in [2.75, 3.05) is 36.4 Å². The molecule has 32 heavy (non-hydrogen) atoms. The maximum Gasteiger partial charge on any atom is 0.255 e. The fourth-order valence-electron chi connectivity index (χ4n) is 3.65. The number of anilines is 2. The molecule has 0 bridgehead atoms. The van der Waals surface area contributed by atoms with E-state index in [1.165, 1.54) is 34.6 Å². The first-order chi connectivity index (χ1) is 15.3. The largest absolute Gasteiger partial charge is 0.369 e. The number of hydrogen-bond acceptors (Lipinski definition) is 4. The third kappa shape index (κ3) is 4.66. The Hall–Kier alpha value is -3.23. The van der Waals surface area contributed by atoms with Crippen molar-refractivity contribution in [1.29, 1.82) is 0 Å². The highest BCUT2D eigenvalue weighted by Gasteiger charge is 2.29. The molecule has 0 unspecified atom stereocenters. The molecule has 0 aliphatic carbocycles. The summed E-state index contributed by atoms with van der Waals surface area (Å²) in [7, 11) is -3.74. The van der Waals surface area contributed by atoms with Crippen LogP contribution in [0.5, 0.6) is 0 Å². The van der Waals surface area contributed by atoms with Crippen LogP contribution in [0.3, 0.4) is 0 Å². The number of benzene rings is 3. The molecule has 1 aliphatic heterocycles. The van der Waals surface area contributed by atoms with Crippen LogP contribution in [0, 0.1) is 12.7 Å². The second kappa shape index (κ2) is 9.10. The lowest BCUT2D eigenvalue weighted by Crippen LogP contribution is -2.48. The molecule has 4 rings (SSSR count). The molecule has 1 N–H and O–H groups in total. The van der Waals surface area contributed by atoms with Crippen LogP contribution in [0.4, 0.5) is 15.8 Å². The SMILES string of the molecule is Cc1ccc(NC(=O)c2cccc(S(=O)(=O)N3CCN(c4ccccc4)CC3)c2)cc1F. The van der Waals surface area contributed by atoms with Crippen LogP contribution in [0.1, 0.15) is 15.9 Å². The first-order valence-electron chi connectivity index (χ1n) is 10.3. The Kier molecular flexibility index (Phi) is 6.25. The van der Waals surface area contributed by atoms with Gasteiger partial charge in [-0.2, -0.15) is 4.31 Å². The van der Waals surface area contributed by atoms with Gasteiger partial charge in [-0.25, -0.2) is 12.8 Å². The van der Waals surface area contributed by atoms with Crippen LogP contribution < -0.4 is 10.2 Å². The molecule has 0 spiro atoms. The van der Waals surface area contributed by atoms with Gasteiger partial charge < -0.3 is 10.2 Å². The summed E-state index contributed by atoms with van der Waals surface area (Å²) in [4.78, 5) is 14.8. The highest BCUT2D eigenvalue weighted by Crippen LogP contribution is 2.22. The molecule has 6 nitrogen and oxygen atoms in total. The van der Waals surface area contributed by atoms with E-state index in [9.17, 15) is 17.6 Å². The molecule has 0 atom stereocenters. The van der Waals surface area contributed by atoms with Crippen molar-refractivity contribution in [2.24, 2.45) is 0 Å². The molecule has 1 fully saturated rings. The Morgan fingerprint density at radius 2 is 1.62 bits per heavy atom. The monoisotopic (exact) mass is 453 g/mol. The summed E-state index contributed by atoms with van der Waals surface area (Å²) >= 11 is 0. The van der Waals surface area contributed by atoms with Crippen molar-refractivity contribution >= 4 is 27.3 Å². The van der Waals surface area contributed by atoms with Gasteiger partial charge in [-0.05, 0) is 55.0 Å². The van der Waals surface area contributed by atoms with Gasteiger partial charge in [0.05, 0.1) is 4.90 Å². The van der Waals surface area contributed by atoms with Crippen LogP contribution in [-0.4, -0.2) is 44.8 Å². The van der Waals surface area contributed by atoms with Crippen molar-refractivity contribution in [1.82, 2.24) is 4.31 Å². The molecule has 0 aromatic heterocycles. The minimum absolute atomic E-state index is 0.0633. The van der Waals surface area contributed by atoms with Gasteiger partial charge in [-0.15, -0.1) is 0 Å². The van der Waals surface area contributed by atoms with E-state index in [-0.39, 0.29) is 10.5 Å². The summed E-state index contributed by atoms with van der Waals surface area (Å²) in [6.45, 7) is 3.52. The summed E-state index contributed by atoms with van der Waals surface area (Å²) in [5, 5.41) is 2.61. The maximum atomic E-state index is 13.8. The van der Waals surface area contributed by atoms with E-state index in [4.69, 9.17) is 0 Å². The number of sulfonamides is 1. The number of para-hydroxylation sites is 1. The number of aryl methyl sites for hydroxylation is 1. The smallest absolute Gasteiger partial charge is 0.255 e. The predicted molar refractivity (Wildman–Crippen MR) is 123 cm³/mol. The van der Waals surface area contributed by atoms with Crippen molar-refractivity contribution in [2.45, 2.75) is 11.8 Å². The van der Waals surface area contributed by atoms with Gasteiger partial charge in [0.1, 0.15) is 5.82 Å². The number of carbonyl (C=O) groups is 1. The normalized spacial score (nSPS) is 14.9. The molecule has 0 saturated carbocycles. The highest BCUT2D eigenvalue weighted by molar-refractivity contribution is 7.89. The van der Waals surface area contributed by atoms with E-state index in [0.29, 0.717) is 37.4 Å². The van der Waals surface area contributed by atoms with Crippen LogP contribution in [0.15, 0.2) is 77.7 Å². The number of carbonyl (C=O) groups excluding carboxylic acids is 1. The van der Waals surface area contributed by atoms with Gasteiger partial charge in [0.15, 0.2) is 0 Å². The zero-order chi connectivity index (χ0) is 22.7. The van der Waals surface area contributed by atoms with E-state index in [2.05, 4.69) is 10.2 Å². The minimum Gasteiger partial charge on any atom is -0.369 e. The van der Waals surface area contributed by atoms with E-state index in [1.54, 1.807) is 19.1 Å². The number of nitrogens with zero attached hydrogens (tertiary/aromatic N) is 2. The van der Waals surface area contributed by atoms with E-state index in [0.717, 1.165) is 5.69 Å². The van der Waals surface area contributed by atoms with Gasteiger partial charge in [-0.3, -0.25) is 4.79 Å². The van der Waals surface area contributed by atoms with Crippen molar-refractivity contribution in [3.8, 4) is 0 Å².